The molecule has 0 aliphatic carbocycles. The van der Waals surface area contributed by atoms with Crippen molar-refractivity contribution in [1.82, 2.24) is 0 Å². The number of ether oxygens (including phenoxy) is 1. The minimum Gasteiger partial charge on any atom is -0.439 e. The number of hydrogen-bond donors (Lipinski definition) is 1. The molecule has 2 N–H and O–H groups in total. The van der Waals surface area contributed by atoms with Gasteiger partial charge in [0.1, 0.15) is 0 Å². The third-order valence-corrected chi connectivity index (χ3v) is 1.93. The first kappa shape index (κ1) is 8.55. The molecular formula is C9H8N2O3. The van der Waals surface area contributed by atoms with Crippen LogP contribution in [0.3, 0.4) is 0 Å². The predicted octanol–water partition coefficient (Wildman–Crippen LogP) is 0.752. The van der Waals surface area contributed by atoms with Crippen molar-refractivity contribution in [3.8, 4) is 0 Å². The number of cyclic esters (lactones) is 1. The summed E-state index contributed by atoms with van der Waals surface area (Å²) in [6, 6.07) is 6.64. The fourth-order valence-electron chi connectivity index (χ4n) is 1.28. The minimum atomic E-state index is -0.673. The van der Waals surface area contributed by atoms with Gasteiger partial charge in [0.15, 0.2) is 6.61 Å². The van der Waals surface area contributed by atoms with Gasteiger partial charge in [0.2, 0.25) is 0 Å². The quantitative estimate of drug-likeness (QED) is 0.666. The molecule has 1 fully saturated rings. The summed E-state index contributed by atoms with van der Waals surface area (Å²) in [5, 5.41) is 0. The molecule has 0 spiro atoms. The van der Waals surface area contributed by atoms with Crippen LogP contribution in [-0.4, -0.2) is 18.6 Å². The van der Waals surface area contributed by atoms with Gasteiger partial charge in [-0.3, -0.25) is 4.79 Å². The van der Waals surface area contributed by atoms with Gasteiger partial charge in [0.05, 0.1) is 11.4 Å². The van der Waals surface area contributed by atoms with Crippen LogP contribution in [0, 0.1) is 0 Å². The van der Waals surface area contributed by atoms with Crippen molar-refractivity contribution in [2.75, 3.05) is 17.2 Å². The van der Waals surface area contributed by atoms with E-state index in [0.29, 0.717) is 11.4 Å². The van der Waals surface area contributed by atoms with E-state index >= 15 is 0 Å². The summed E-state index contributed by atoms with van der Waals surface area (Å²) < 4.78 is 4.57. The molecule has 5 nitrogen and oxygen atoms in total. The molecule has 1 saturated heterocycles. The Kier molecular flexibility index (Phi) is 1.85. The van der Waals surface area contributed by atoms with Gasteiger partial charge < -0.3 is 10.5 Å². The minimum absolute atomic E-state index is 0.215. The second-order valence-electron chi connectivity index (χ2n) is 2.84. The molecule has 14 heavy (non-hydrogen) atoms. The van der Waals surface area contributed by atoms with Crippen molar-refractivity contribution >= 4 is 23.4 Å². The molecule has 1 aromatic rings. The Morgan fingerprint density at radius 1 is 1.29 bits per heavy atom. The first-order valence-electron chi connectivity index (χ1n) is 4.04. The highest BCUT2D eigenvalue weighted by atomic mass is 16.6. The highest BCUT2D eigenvalue weighted by molar-refractivity contribution is 6.18. The zero-order valence-electron chi connectivity index (χ0n) is 7.27. The van der Waals surface area contributed by atoms with E-state index in [1.165, 1.54) is 0 Å². The number of nitrogen functional groups attached to an aromatic ring is 1. The zero-order valence-corrected chi connectivity index (χ0v) is 7.27. The number of anilines is 2. The van der Waals surface area contributed by atoms with Crippen molar-refractivity contribution in [3.05, 3.63) is 24.3 Å². The van der Waals surface area contributed by atoms with Crippen molar-refractivity contribution in [3.63, 3.8) is 0 Å². The van der Waals surface area contributed by atoms with Crippen LogP contribution in [-0.2, 0) is 9.53 Å². The van der Waals surface area contributed by atoms with E-state index in [-0.39, 0.29) is 6.61 Å². The average Bonchev–Trinajstić information content (AvgIpc) is 2.48. The number of amides is 2. The van der Waals surface area contributed by atoms with E-state index in [1.54, 1.807) is 24.3 Å². The molecule has 2 amide bonds. The molecule has 0 bridgehead atoms. The molecule has 1 aliphatic heterocycles. The van der Waals surface area contributed by atoms with Crippen molar-refractivity contribution in [2.24, 2.45) is 0 Å². The first-order chi connectivity index (χ1) is 6.70. The van der Waals surface area contributed by atoms with Crippen LogP contribution in [0.15, 0.2) is 24.3 Å². The topological polar surface area (TPSA) is 72.6 Å². The van der Waals surface area contributed by atoms with Gasteiger partial charge in [-0.15, -0.1) is 0 Å². The molecule has 0 radical (unpaired) electrons. The normalized spacial score (nSPS) is 15.9. The van der Waals surface area contributed by atoms with Gasteiger partial charge in [-0.1, -0.05) is 12.1 Å². The number of benzene rings is 1. The van der Waals surface area contributed by atoms with Crippen LogP contribution < -0.4 is 10.6 Å². The summed E-state index contributed by atoms with van der Waals surface area (Å²) in [6.07, 6.45) is -0.673. The standard InChI is InChI=1S/C9H8N2O3/c10-6-3-1-2-4-7(6)11-8(12)5-14-9(11)13/h1-4H,5,10H2. The molecule has 1 aliphatic rings. The predicted molar refractivity (Wildman–Crippen MR) is 49.7 cm³/mol. The number of nitrogens with two attached hydrogens (primary N) is 1. The maximum Gasteiger partial charge on any atom is 0.421 e. The van der Waals surface area contributed by atoms with Crippen LogP contribution in [0.5, 0.6) is 0 Å². The molecule has 2 rings (SSSR count). The molecule has 0 saturated carbocycles. The Bertz CT molecular complexity index is 387. The van der Waals surface area contributed by atoms with Gasteiger partial charge in [-0.25, -0.2) is 9.69 Å². The lowest BCUT2D eigenvalue weighted by molar-refractivity contribution is -0.117. The first-order valence-corrected chi connectivity index (χ1v) is 4.04. The Balaban J connectivity index is 2.44. The maximum absolute atomic E-state index is 11.3. The lowest BCUT2D eigenvalue weighted by Gasteiger charge is -2.12. The summed E-state index contributed by atoms with van der Waals surface area (Å²) in [4.78, 5) is 23.4. The van der Waals surface area contributed by atoms with E-state index < -0.39 is 12.0 Å². The van der Waals surface area contributed by atoms with Crippen molar-refractivity contribution < 1.29 is 14.3 Å². The smallest absolute Gasteiger partial charge is 0.421 e. The summed E-state index contributed by atoms with van der Waals surface area (Å²) in [7, 11) is 0. The number of carbonyl (C=O) groups excluding carboxylic acids is 2. The molecule has 1 aromatic carbocycles. The summed E-state index contributed by atoms with van der Waals surface area (Å²) in [6.45, 7) is -0.215. The van der Waals surface area contributed by atoms with E-state index in [4.69, 9.17) is 5.73 Å². The number of carbonyl (C=O) groups is 2. The SMILES string of the molecule is Nc1ccccc1N1C(=O)COC1=O. The second kappa shape index (κ2) is 3.02. The number of hydrogen-bond acceptors (Lipinski definition) is 4. The summed E-state index contributed by atoms with van der Waals surface area (Å²) in [5.41, 5.74) is 6.37. The highest BCUT2D eigenvalue weighted by Gasteiger charge is 2.33. The number of rotatable bonds is 1. The number of nitrogens with zero attached hydrogens (tertiary/aromatic N) is 1. The largest absolute Gasteiger partial charge is 0.439 e. The number of para-hydroxylation sites is 2. The molecule has 0 unspecified atom stereocenters. The third kappa shape index (κ3) is 1.19. The molecule has 1 heterocycles. The van der Waals surface area contributed by atoms with E-state index in [9.17, 15) is 9.59 Å². The molecule has 0 atom stereocenters. The van der Waals surface area contributed by atoms with Crippen molar-refractivity contribution in [2.45, 2.75) is 0 Å². The van der Waals surface area contributed by atoms with Crippen LogP contribution in [0.2, 0.25) is 0 Å². The maximum atomic E-state index is 11.3. The summed E-state index contributed by atoms with van der Waals surface area (Å²) >= 11 is 0. The van der Waals surface area contributed by atoms with Gasteiger partial charge in [-0.05, 0) is 12.1 Å². The lowest BCUT2D eigenvalue weighted by atomic mass is 10.2. The zero-order chi connectivity index (χ0) is 10.1. The average molecular weight is 192 g/mol. The van der Waals surface area contributed by atoms with Crippen LogP contribution in [0.4, 0.5) is 16.2 Å². The fourth-order valence-corrected chi connectivity index (χ4v) is 1.28. The second-order valence-corrected chi connectivity index (χ2v) is 2.84. The van der Waals surface area contributed by atoms with E-state index in [2.05, 4.69) is 4.74 Å². The third-order valence-electron chi connectivity index (χ3n) is 1.93. The monoisotopic (exact) mass is 192 g/mol. The van der Waals surface area contributed by atoms with Gasteiger partial charge in [-0.2, -0.15) is 0 Å². The lowest BCUT2D eigenvalue weighted by Crippen LogP contribution is -2.29. The highest BCUT2D eigenvalue weighted by Crippen LogP contribution is 2.25. The van der Waals surface area contributed by atoms with Gasteiger partial charge in [0.25, 0.3) is 5.91 Å². The number of imide groups is 1. The summed E-state index contributed by atoms with van der Waals surface area (Å²) in [5.74, 6) is -0.395. The van der Waals surface area contributed by atoms with Crippen LogP contribution >= 0.6 is 0 Å². The molecular weight excluding hydrogens is 184 g/mol. The van der Waals surface area contributed by atoms with E-state index in [1.807, 2.05) is 0 Å². The molecule has 72 valence electrons. The van der Waals surface area contributed by atoms with Gasteiger partial charge in [0, 0.05) is 0 Å². The Morgan fingerprint density at radius 3 is 2.57 bits per heavy atom. The van der Waals surface area contributed by atoms with Crippen molar-refractivity contribution in [1.29, 1.82) is 0 Å². The fraction of sp³-hybridized carbons (Fsp3) is 0.111. The molecule has 0 aromatic heterocycles. The van der Waals surface area contributed by atoms with E-state index in [0.717, 1.165) is 4.90 Å². The Labute approximate surface area is 80.1 Å². The molecule has 5 heteroatoms. The Hall–Kier alpha value is -2.04. The van der Waals surface area contributed by atoms with Crippen LogP contribution in [0.1, 0.15) is 0 Å². The Morgan fingerprint density at radius 2 is 2.00 bits per heavy atom. The van der Waals surface area contributed by atoms with Gasteiger partial charge >= 0.3 is 6.09 Å². The van der Waals surface area contributed by atoms with Crippen LogP contribution in [0.25, 0.3) is 0 Å².